The minimum atomic E-state index is -0.666. The first kappa shape index (κ1) is 18.8. The smallest absolute Gasteiger partial charge is 0.254 e. The maximum atomic E-state index is 12.7. The fourth-order valence-corrected chi connectivity index (χ4v) is 3.23. The average molecular weight is 391 g/mol. The molecule has 8 heteroatoms. The number of carbonyl (C=O) groups excluding carboxylic acids is 2. The van der Waals surface area contributed by atoms with Crippen LogP contribution in [0.1, 0.15) is 27.1 Å². The summed E-state index contributed by atoms with van der Waals surface area (Å²) in [5.41, 5.74) is 0.563. The van der Waals surface area contributed by atoms with Gasteiger partial charge < -0.3 is 25.1 Å². The van der Waals surface area contributed by atoms with E-state index in [4.69, 9.17) is 11.6 Å². The summed E-state index contributed by atoms with van der Waals surface area (Å²) >= 11 is 5.95. The molecule has 0 aromatic heterocycles. The average Bonchev–Trinajstić information content (AvgIpc) is 2.90. The van der Waals surface area contributed by atoms with Crippen LogP contribution in [0.25, 0.3) is 0 Å². The molecule has 1 aliphatic rings. The summed E-state index contributed by atoms with van der Waals surface area (Å²) in [7, 11) is 0. The predicted octanol–water partition coefficient (Wildman–Crippen LogP) is 2.45. The summed E-state index contributed by atoms with van der Waals surface area (Å²) in [6, 6.07) is 8.94. The molecule has 27 heavy (non-hydrogen) atoms. The van der Waals surface area contributed by atoms with Crippen molar-refractivity contribution in [3.63, 3.8) is 0 Å². The lowest BCUT2D eigenvalue weighted by molar-refractivity contribution is 0.0718. The fourth-order valence-electron chi connectivity index (χ4n) is 3.04. The van der Waals surface area contributed by atoms with Gasteiger partial charge in [0, 0.05) is 42.3 Å². The monoisotopic (exact) mass is 390 g/mol. The normalized spacial score (nSPS) is 14.7. The van der Waals surface area contributed by atoms with Crippen LogP contribution in [0.5, 0.6) is 17.2 Å². The van der Waals surface area contributed by atoms with E-state index in [2.05, 4.69) is 0 Å². The molecular formula is C19H19ClN2O5. The van der Waals surface area contributed by atoms with E-state index in [1.807, 2.05) is 0 Å². The van der Waals surface area contributed by atoms with Gasteiger partial charge in [-0.3, -0.25) is 9.59 Å². The highest BCUT2D eigenvalue weighted by molar-refractivity contribution is 6.30. The van der Waals surface area contributed by atoms with Gasteiger partial charge in [0.2, 0.25) is 0 Å². The number of carbonyl (C=O) groups is 2. The number of phenolic OH excluding ortho intramolecular Hbond substituents is 3. The third-order valence-electron chi connectivity index (χ3n) is 4.46. The molecule has 3 N–H and O–H groups in total. The zero-order chi connectivity index (χ0) is 19.6. The number of rotatable bonds is 2. The number of hydrogen-bond acceptors (Lipinski definition) is 5. The molecule has 0 unspecified atom stereocenters. The van der Waals surface area contributed by atoms with Crippen LogP contribution in [-0.2, 0) is 0 Å². The third-order valence-corrected chi connectivity index (χ3v) is 4.69. The summed E-state index contributed by atoms with van der Waals surface area (Å²) in [5.74, 6) is -2.33. The van der Waals surface area contributed by atoms with Gasteiger partial charge in [0.05, 0.1) is 0 Å². The van der Waals surface area contributed by atoms with Crippen molar-refractivity contribution in [2.75, 3.05) is 26.2 Å². The van der Waals surface area contributed by atoms with Crippen molar-refractivity contribution in [1.29, 1.82) is 0 Å². The summed E-state index contributed by atoms with van der Waals surface area (Å²) < 4.78 is 0. The maximum absolute atomic E-state index is 12.7. The second-order valence-electron chi connectivity index (χ2n) is 6.31. The molecule has 0 aliphatic carbocycles. The first-order valence-electron chi connectivity index (χ1n) is 8.46. The molecule has 1 aliphatic heterocycles. The minimum Gasteiger partial charge on any atom is -0.504 e. The Bertz CT molecular complexity index is 863. The number of halogens is 1. The second kappa shape index (κ2) is 7.75. The first-order valence-corrected chi connectivity index (χ1v) is 8.83. The lowest BCUT2D eigenvalue weighted by Crippen LogP contribution is -2.37. The molecular weight excluding hydrogens is 372 g/mol. The fraction of sp³-hybridized carbons (Fsp3) is 0.263. The Balaban J connectivity index is 1.71. The number of phenols is 3. The largest absolute Gasteiger partial charge is 0.504 e. The van der Waals surface area contributed by atoms with Gasteiger partial charge in [0.25, 0.3) is 11.8 Å². The Morgan fingerprint density at radius 2 is 1.37 bits per heavy atom. The van der Waals surface area contributed by atoms with Crippen LogP contribution >= 0.6 is 11.6 Å². The van der Waals surface area contributed by atoms with Gasteiger partial charge in [0.1, 0.15) is 0 Å². The molecule has 3 rings (SSSR count). The summed E-state index contributed by atoms with van der Waals surface area (Å²) in [6.07, 6.45) is 0.591. The molecule has 0 radical (unpaired) electrons. The number of amides is 2. The molecule has 7 nitrogen and oxygen atoms in total. The highest BCUT2D eigenvalue weighted by Crippen LogP contribution is 2.35. The Kier molecular flexibility index (Phi) is 5.41. The highest BCUT2D eigenvalue weighted by Gasteiger charge is 2.24. The van der Waals surface area contributed by atoms with Crippen LogP contribution < -0.4 is 0 Å². The first-order chi connectivity index (χ1) is 12.9. The molecule has 0 bridgehead atoms. The van der Waals surface area contributed by atoms with Gasteiger partial charge in [0.15, 0.2) is 17.2 Å². The number of hydrogen-bond donors (Lipinski definition) is 3. The van der Waals surface area contributed by atoms with E-state index in [9.17, 15) is 24.9 Å². The van der Waals surface area contributed by atoms with Gasteiger partial charge in [-0.05, 0) is 36.8 Å². The molecule has 2 amide bonds. The molecule has 1 fully saturated rings. The van der Waals surface area contributed by atoms with Crippen LogP contribution in [0.2, 0.25) is 5.02 Å². The molecule has 2 aromatic carbocycles. The Hall–Kier alpha value is -2.93. The molecule has 1 saturated heterocycles. The standard InChI is InChI=1S/C19H19ClN2O5/c20-14-4-1-3-12(9-14)18(26)21-5-2-6-22(8-7-21)19(27)13-10-15(23)17(25)16(24)11-13/h1,3-4,9-11,23-25H,2,5-8H2. The molecule has 0 atom stereocenters. The van der Waals surface area contributed by atoms with Gasteiger partial charge >= 0.3 is 0 Å². The molecule has 1 heterocycles. The van der Waals surface area contributed by atoms with E-state index >= 15 is 0 Å². The van der Waals surface area contributed by atoms with Crippen molar-refractivity contribution < 1.29 is 24.9 Å². The molecule has 0 spiro atoms. The molecule has 2 aromatic rings. The Morgan fingerprint density at radius 1 is 0.815 bits per heavy atom. The van der Waals surface area contributed by atoms with E-state index in [0.29, 0.717) is 43.2 Å². The van der Waals surface area contributed by atoms with Crippen molar-refractivity contribution >= 4 is 23.4 Å². The topological polar surface area (TPSA) is 101 Å². The van der Waals surface area contributed by atoms with Gasteiger partial charge in [-0.2, -0.15) is 0 Å². The lowest BCUT2D eigenvalue weighted by Gasteiger charge is -2.22. The molecule has 142 valence electrons. The predicted molar refractivity (Wildman–Crippen MR) is 99.3 cm³/mol. The minimum absolute atomic E-state index is 0.0671. The van der Waals surface area contributed by atoms with E-state index < -0.39 is 23.2 Å². The van der Waals surface area contributed by atoms with E-state index in [-0.39, 0.29) is 11.5 Å². The number of aromatic hydroxyl groups is 3. The van der Waals surface area contributed by atoms with E-state index in [0.717, 1.165) is 12.1 Å². The van der Waals surface area contributed by atoms with Crippen LogP contribution in [0.3, 0.4) is 0 Å². The maximum Gasteiger partial charge on any atom is 0.254 e. The van der Waals surface area contributed by atoms with Crippen molar-refractivity contribution in [3.8, 4) is 17.2 Å². The SMILES string of the molecule is O=C(c1cccc(Cl)c1)N1CCCN(C(=O)c2cc(O)c(O)c(O)c2)CC1. The van der Waals surface area contributed by atoms with Crippen molar-refractivity contribution in [3.05, 3.63) is 52.5 Å². The van der Waals surface area contributed by atoms with E-state index in [1.54, 1.807) is 34.1 Å². The summed E-state index contributed by atoms with van der Waals surface area (Å²) in [6.45, 7) is 1.60. The number of nitrogens with zero attached hydrogens (tertiary/aromatic N) is 2. The van der Waals surface area contributed by atoms with Gasteiger partial charge in [-0.15, -0.1) is 0 Å². The van der Waals surface area contributed by atoms with Crippen molar-refractivity contribution in [2.24, 2.45) is 0 Å². The lowest BCUT2D eigenvalue weighted by atomic mass is 10.1. The second-order valence-corrected chi connectivity index (χ2v) is 6.75. The quantitative estimate of drug-likeness (QED) is 0.684. The van der Waals surface area contributed by atoms with E-state index in [1.165, 1.54) is 0 Å². The third kappa shape index (κ3) is 4.09. The van der Waals surface area contributed by atoms with Crippen molar-refractivity contribution in [1.82, 2.24) is 9.80 Å². The van der Waals surface area contributed by atoms with Crippen LogP contribution in [0.15, 0.2) is 36.4 Å². The van der Waals surface area contributed by atoms with Crippen molar-refractivity contribution in [2.45, 2.75) is 6.42 Å². The Labute approximate surface area is 161 Å². The highest BCUT2D eigenvalue weighted by atomic mass is 35.5. The number of benzene rings is 2. The van der Waals surface area contributed by atoms with Crippen LogP contribution in [-0.4, -0.2) is 63.1 Å². The Morgan fingerprint density at radius 3 is 1.93 bits per heavy atom. The zero-order valence-corrected chi connectivity index (χ0v) is 15.2. The zero-order valence-electron chi connectivity index (χ0n) is 14.4. The van der Waals surface area contributed by atoms with Gasteiger partial charge in [-0.25, -0.2) is 0 Å². The summed E-state index contributed by atoms with van der Waals surface area (Å²) in [4.78, 5) is 28.5. The van der Waals surface area contributed by atoms with Gasteiger partial charge in [-0.1, -0.05) is 17.7 Å². The molecule has 0 saturated carbocycles. The van der Waals surface area contributed by atoms with Crippen LogP contribution in [0.4, 0.5) is 0 Å². The van der Waals surface area contributed by atoms with Crippen LogP contribution in [0, 0.1) is 0 Å². The summed E-state index contributed by atoms with van der Waals surface area (Å²) in [5, 5.41) is 29.1.